The minimum absolute atomic E-state index is 0.136. The van der Waals surface area contributed by atoms with Crippen molar-refractivity contribution in [2.75, 3.05) is 10.6 Å². The summed E-state index contributed by atoms with van der Waals surface area (Å²) in [5, 5.41) is 7.58. The summed E-state index contributed by atoms with van der Waals surface area (Å²) in [5.74, 6) is -0.319. The van der Waals surface area contributed by atoms with Gasteiger partial charge in [-0.15, -0.1) is 11.8 Å². The van der Waals surface area contributed by atoms with Gasteiger partial charge < -0.3 is 10.6 Å². The number of thioether (sulfide) groups is 1. The third kappa shape index (κ3) is 5.62. The maximum Gasteiger partial charge on any atom is 0.255 e. The first-order chi connectivity index (χ1) is 17.7. The summed E-state index contributed by atoms with van der Waals surface area (Å²) in [4.78, 5) is 31.1. The smallest absolute Gasteiger partial charge is 0.255 e. The van der Waals surface area contributed by atoms with E-state index in [0.717, 1.165) is 21.2 Å². The number of rotatable bonds is 7. The average Bonchev–Trinajstić information content (AvgIpc) is 2.92. The molecule has 5 nitrogen and oxygen atoms in total. The molecule has 6 heteroatoms. The molecule has 0 aliphatic heterocycles. The molecule has 0 aliphatic carbocycles. The SMILES string of the molecule is O=C(Nc1cccc(SC(C(=O)Nc2ccncc2)c2ccccc2)c1)c1ccc2ccccc2c1. The van der Waals surface area contributed by atoms with Crippen molar-refractivity contribution in [1.82, 2.24) is 4.98 Å². The monoisotopic (exact) mass is 489 g/mol. The average molecular weight is 490 g/mol. The van der Waals surface area contributed by atoms with Crippen LogP contribution in [0.5, 0.6) is 0 Å². The quantitative estimate of drug-likeness (QED) is 0.243. The molecule has 5 aromatic rings. The van der Waals surface area contributed by atoms with Gasteiger partial charge in [0.05, 0.1) is 0 Å². The second kappa shape index (κ2) is 10.9. The van der Waals surface area contributed by atoms with Crippen LogP contribution in [0.25, 0.3) is 10.8 Å². The van der Waals surface area contributed by atoms with Gasteiger partial charge >= 0.3 is 0 Å². The summed E-state index contributed by atoms with van der Waals surface area (Å²) in [6, 6.07) is 34.3. The van der Waals surface area contributed by atoms with Crippen LogP contribution in [0.4, 0.5) is 11.4 Å². The lowest BCUT2D eigenvalue weighted by Crippen LogP contribution is -2.19. The van der Waals surface area contributed by atoms with Crippen LogP contribution in [-0.2, 0) is 4.79 Å². The first kappa shape index (κ1) is 23.3. The molecule has 0 saturated carbocycles. The number of nitrogens with zero attached hydrogens (tertiary/aromatic N) is 1. The minimum atomic E-state index is -0.481. The van der Waals surface area contributed by atoms with Crippen molar-refractivity contribution in [1.29, 1.82) is 0 Å². The second-order valence-electron chi connectivity index (χ2n) is 8.18. The number of anilines is 2. The van der Waals surface area contributed by atoms with Gasteiger partial charge in [0.2, 0.25) is 5.91 Å². The van der Waals surface area contributed by atoms with E-state index in [4.69, 9.17) is 0 Å². The third-order valence-electron chi connectivity index (χ3n) is 5.65. The lowest BCUT2D eigenvalue weighted by Gasteiger charge is -2.17. The maximum absolute atomic E-state index is 13.3. The van der Waals surface area contributed by atoms with Crippen LogP contribution in [0.1, 0.15) is 21.2 Å². The molecule has 36 heavy (non-hydrogen) atoms. The molecule has 4 aromatic carbocycles. The molecule has 1 atom stereocenters. The molecule has 0 spiro atoms. The Morgan fingerprint density at radius 2 is 1.42 bits per heavy atom. The number of carbonyl (C=O) groups excluding carboxylic acids is 2. The Balaban J connectivity index is 1.35. The fraction of sp³-hybridized carbons (Fsp3) is 0.0333. The van der Waals surface area contributed by atoms with Crippen molar-refractivity contribution in [2.45, 2.75) is 10.1 Å². The van der Waals surface area contributed by atoms with Crippen LogP contribution < -0.4 is 10.6 Å². The van der Waals surface area contributed by atoms with Crippen molar-refractivity contribution in [3.8, 4) is 0 Å². The zero-order valence-corrected chi connectivity index (χ0v) is 20.1. The number of benzene rings is 4. The molecule has 2 N–H and O–H groups in total. The number of hydrogen-bond acceptors (Lipinski definition) is 4. The Morgan fingerprint density at radius 3 is 2.22 bits per heavy atom. The molecule has 176 valence electrons. The van der Waals surface area contributed by atoms with E-state index < -0.39 is 5.25 Å². The predicted octanol–water partition coefficient (Wildman–Crippen LogP) is 6.96. The van der Waals surface area contributed by atoms with Gasteiger partial charge in [-0.25, -0.2) is 0 Å². The number of carbonyl (C=O) groups is 2. The topological polar surface area (TPSA) is 71.1 Å². The zero-order chi connectivity index (χ0) is 24.7. The van der Waals surface area contributed by atoms with E-state index in [1.54, 1.807) is 24.5 Å². The van der Waals surface area contributed by atoms with E-state index in [9.17, 15) is 9.59 Å². The van der Waals surface area contributed by atoms with Gasteiger partial charge in [-0.1, -0.05) is 66.7 Å². The van der Waals surface area contributed by atoms with Gasteiger partial charge in [0, 0.05) is 34.2 Å². The summed E-state index contributed by atoms with van der Waals surface area (Å²) in [6.07, 6.45) is 3.28. The summed E-state index contributed by atoms with van der Waals surface area (Å²) >= 11 is 1.43. The third-order valence-corrected chi connectivity index (χ3v) is 6.89. The number of nitrogens with one attached hydrogen (secondary N) is 2. The summed E-state index contributed by atoms with van der Waals surface area (Å²) in [7, 11) is 0. The normalized spacial score (nSPS) is 11.6. The van der Waals surface area contributed by atoms with Crippen LogP contribution in [0.2, 0.25) is 0 Å². The van der Waals surface area contributed by atoms with Gasteiger partial charge in [0.1, 0.15) is 5.25 Å². The predicted molar refractivity (Wildman–Crippen MR) is 146 cm³/mol. The van der Waals surface area contributed by atoms with Gasteiger partial charge in [0.25, 0.3) is 5.91 Å². The molecule has 2 amide bonds. The molecule has 1 aromatic heterocycles. The highest BCUT2D eigenvalue weighted by molar-refractivity contribution is 8.00. The van der Waals surface area contributed by atoms with E-state index >= 15 is 0 Å². The molecule has 1 unspecified atom stereocenters. The minimum Gasteiger partial charge on any atom is -0.325 e. The largest absolute Gasteiger partial charge is 0.325 e. The maximum atomic E-state index is 13.3. The summed E-state index contributed by atoms with van der Waals surface area (Å²) in [5.41, 5.74) is 2.83. The summed E-state index contributed by atoms with van der Waals surface area (Å²) in [6.45, 7) is 0. The highest BCUT2D eigenvalue weighted by Crippen LogP contribution is 2.37. The van der Waals surface area contributed by atoms with Crippen LogP contribution in [0.15, 0.2) is 126 Å². The number of pyridine rings is 1. The van der Waals surface area contributed by atoms with E-state index in [0.29, 0.717) is 16.9 Å². The first-order valence-corrected chi connectivity index (χ1v) is 12.4. The Kier molecular flexibility index (Phi) is 7.05. The molecule has 0 aliphatic rings. The molecule has 0 fully saturated rings. The highest BCUT2D eigenvalue weighted by Gasteiger charge is 2.22. The lowest BCUT2D eigenvalue weighted by molar-refractivity contribution is -0.115. The fourth-order valence-corrected chi connectivity index (χ4v) is 4.94. The van der Waals surface area contributed by atoms with Gasteiger partial charge in [-0.05, 0) is 58.8 Å². The van der Waals surface area contributed by atoms with Crippen LogP contribution in [-0.4, -0.2) is 16.8 Å². The highest BCUT2D eigenvalue weighted by atomic mass is 32.2. The summed E-state index contributed by atoms with van der Waals surface area (Å²) < 4.78 is 0. The molecule has 1 heterocycles. The molecule has 0 saturated heterocycles. The number of hydrogen-bond donors (Lipinski definition) is 2. The van der Waals surface area contributed by atoms with E-state index in [1.165, 1.54) is 11.8 Å². The van der Waals surface area contributed by atoms with E-state index in [2.05, 4.69) is 15.6 Å². The van der Waals surface area contributed by atoms with Gasteiger partial charge in [0.15, 0.2) is 0 Å². The van der Waals surface area contributed by atoms with Crippen LogP contribution >= 0.6 is 11.8 Å². The Bertz CT molecular complexity index is 1510. The van der Waals surface area contributed by atoms with E-state index in [1.807, 2.05) is 97.1 Å². The Hall–Kier alpha value is -4.42. The van der Waals surface area contributed by atoms with Crippen molar-refractivity contribution in [3.63, 3.8) is 0 Å². The molecule has 0 radical (unpaired) electrons. The molecular formula is C30H23N3O2S. The van der Waals surface area contributed by atoms with Crippen LogP contribution in [0.3, 0.4) is 0 Å². The number of fused-ring (bicyclic) bond motifs is 1. The second-order valence-corrected chi connectivity index (χ2v) is 9.36. The first-order valence-electron chi connectivity index (χ1n) is 11.5. The van der Waals surface area contributed by atoms with Crippen molar-refractivity contribution in [3.05, 3.63) is 133 Å². The van der Waals surface area contributed by atoms with Gasteiger partial charge in [-0.2, -0.15) is 0 Å². The fourth-order valence-electron chi connectivity index (χ4n) is 3.86. The Labute approximate surface area is 213 Å². The van der Waals surface area contributed by atoms with Crippen LogP contribution in [0, 0.1) is 0 Å². The molecular weight excluding hydrogens is 466 g/mol. The van der Waals surface area contributed by atoms with Crippen molar-refractivity contribution < 1.29 is 9.59 Å². The number of amides is 2. The zero-order valence-electron chi connectivity index (χ0n) is 19.3. The molecule has 5 rings (SSSR count). The molecule has 0 bridgehead atoms. The van der Waals surface area contributed by atoms with Gasteiger partial charge in [-0.3, -0.25) is 14.6 Å². The van der Waals surface area contributed by atoms with E-state index in [-0.39, 0.29) is 11.8 Å². The van der Waals surface area contributed by atoms with Crippen molar-refractivity contribution >= 4 is 45.7 Å². The van der Waals surface area contributed by atoms with Crippen molar-refractivity contribution in [2.24, 2.45) is 0 Å². The Morgan fingerprint density at radius 1 is 0.667 bits per heavy atom. The number of aromatic nitrogens is 1. The lowest BCUT2D eigenvalue weighted by atomic mass is 10.1. The standard InChI is InChI=1S/C30H23N3O2S/c34-29(24-14-13-21-7-4-5-10-23(21)19-24)33-26-11-6-12-27(20-26)36-28(22-8-2-1-3-9-22)30(35)32-25-15-17-31-18-16-25/h1-20,28H,(H,33,34)(H,31,32,35).